The van der Waals surface area contributed by atoms with Crippen molar-refractivity contribution < 1.29 is 19.4 Å². The zero-order valence-electron chi connectivity index (χ0n) is 11.8. The van der Waals surface area contributed by atoms with Crippen LogP contribution in [0.5, 0.6) is 5.75 Å². The maximum atomic E-state index is 12.2. The minimum absolute atomic E-state index is 0.0504. The highest BCUT2D eigenvalue weighted by Crippen LogP contribution is 2.21. The lowest BCUT2D eigenvalue weighted by molar-refractivity contribution is 0.0523. The Labute approximate surface area is 132 Å². The summed E-state index contributed by atoms with van der Waals surface area (Å²) in [5, 5.41) is 12.9. The number of carbonyl (C=O) groups is 2. The van der Waals surface area contributed by atoms with Gasteiger partial charge < -0.3 is 15.2 Å². The van der Waals surface area contributed by atoms with Crippen LogP contribution in [-0.4, -0.2) is 23.6 Å². The van der Waals surface area contributed by atoms with Crippen LogP contribution in [0.15, 0.2) is 42.5 Å². The summed E-state index contributed by atoms with van der Waals surface area (Å²) in [6.07, 6.45) is 0. The molecular weight excluding hydrogens is 306 g/mol. The molecule has 1 amide bonds. The molecule has 2 aromatic rings. The van der Waals surface area contributed by atoms with Crippen molar-refractivity contribution in [2.24, 2.45) is 0 Å². The number of esters is 1. The average molecular weight is 320 g/mol. The Hall–Kier alpha value is -2.53. The molecule has 0 aliphatic heterocycles. The molecule has 0 aliphatic carbocycles. The first-order valence-corrected chi connectivity index (χ1v) is 6.96. The third-order valence-electron chi connectivity index (χ3n) is 2.86. The Balaban J connectivity index is 2.21. The van der Waals surface area contributed by atoms with E-state index < -0.39 is 11.9 Å². The van der Waals surface area contributed by atoms with E-state index in [2.05, 4.69) is 5.32 Å². The molecule has 0 atom stereocenters. The molecule has 0 spiro atoms. The molecule has 0 bridgehead atoms. The second kappa shape index (κ2) is 6.95. The largest absolute Gasteiger partial charge is 0.507 e. The second-order valence-electron chi connectivity index (χ2n) is 4.41. The van der Waals surface area contributed by atoms with Gasteiger partial charge in [0, 0.05) is 16.3 Å². The predicted octanol–water partition coefficient (Wildman–Crippen LogP) is 3.47. The van der Waals surface area contributed by atoms with Crippen LogP contribution in [0, 0.1) is 0 Å². The molecule has 0 fully saturated rings. The fourth-order valence-corrected chi connectivity index (χ4v) is 1.91. The molecular formula is C16H14ClNO4. The molecule has 0 radical (unpaired) electrons. The number of rotatable bonds is 4. The Morgan fingerprint density at radius 3 is 2.50 bits per heavy atom. The van der Waals surface area contributed by atoms with E-state index >= 15 is 0 Å². The summed E-state index contributed by atoms with van der Waals surface area (Å²) < 4.78 is 4.83. The second-order valence-corrected chi connectivity index (χ2v) is 4.85. The molecule has 0 saturated carbocycles. The number of hydrogen-bond acceptors (Lipinski definition) is 4. The summed E-state index contributed by atoms with van der Waals surface area (Å²) in [6.45, 7) is 1.84. The fourth-order valence-electron chi connectivity index (χ4n) is 1.79. The van der Waals surface area contributed by atoms with Crippen LogP contribution in [0.4, 0.5) is 5.69 Å². The van der Waals surface area contributed by atoms with E-state index in [1.807, 2.05) is 0 Å². The molecule has 5 nitrogen and oxygen atoms in total. The van der Waals surface area contributed by atoms with Gasteiger partial charge in [-0.05, 0) is 49.4 Å². The molecule has 0 unspecified atom stereocenters. The van der Waals surface area contributed by atoms with Crippen molar-refractivity contribution >= 4 is 29.2 Å². The number of phenolic OH excluding ortho intramolecular Hbond substituents is 1. The first-order valence-electron chi connectivity index (χ1n) is 6.58. The van der Waals surface area contributed by atoms with Crippen molar-refractivity contribution in [1.29, 1.82) is 0 Å². The van der Waals surface area contributed by atoms with E-state index in [1.165, 1.54) is 18.2 Å². The fraction of sp³-hybridized carbons (Fsp3) is 0.125. The van der Waals surface area contributed by atoms with Crippen molar-refractivity contribution in [2.45, 2.75) is 6.92 Å². The molecule has 0 saturated heterocycles. The van der Waals surface area contributed by atoms with Crippen molar-refractivity contribution in [3.05, 3.63) is 58.6 Å². The number of anilines is 1. The Kier molecular flexibility index (Phi) is 5.01. The van der Waals surface area contributed by atoms with Crippen molar-refractivity contribution in [2.75, 3.05) is 11.9 Å². The monoisotopic (exact) mass is 319 g/mol. The molecule has 2 N–H and O–H groups in total. The van der Waals surface area contributed by atoms with Gasteiger partial charge in [0.1, 0.15) is 11.3 Å². The van der Waals surface area contributed by atoms with E-state index in [9.17, 15) is 14.7 Å². The zero-order chi connectivity index (χ0) is 16.1. The number of hydrogen-bond donors (Lipinski definition) is 2. The molecule has 114 valence electrons. The lowest BCUT2D eigenvalue weighted by Crippen LogP contribution is -2.13. The highest BCUT2D eigenvalue weighted by molar-refractivity contribution is 6.30. The van der Waals surface area contributed by atoms with Gasteiger partial charge in [-0.15, -0.1) is 0 Å². The van der Waals surface area contributed by atoms with E-state index in [-0.39, 0.29) is 23.5 Å². The summed E-state index contributed by atoms with van der Waals surface area (Å²) >= 11 is 5.78. The van der Waals surface area contributed by atoms with Gasteiger partial charge in [-0.25, -0.2) is 4.79 Å². The summed E-state index contributed by atoms with van der Waals surface area (Å²) in [4.78, 5) is 23.9. The number of carbonyl (C=O) groups excluding carboxylic acids is 2. The predicted molar refractivity (Wildman–Crippen MR) is 83.5 cm³/mol. The third kappa shape index (κ3) is 3.77. The van der Waals surface area contributed by atoms with Gasteiger partial charge in [0.15, 0.2) is 0 Å². The summed E-state index contributed by atoms with van der Waals surface area (Å²) in [5.41, 5.74) is 0.751. The van der Waals surface area contributed by atoms with Crippen LogP contribution in [-0.2, 0) is 4.74 Å². The number of ether oxygens (including phenoxy) is 1. The van der Waals surface area contributed by atoms with Crippen LogP contribution in [0.1, 0.15) is 27.6 Å². The summed E-state index contributed by atoms with van der Waals surface area (Å²) in [5.74, 6) is -1.32. The molecule has 0 heterocycles. The maximum absolute atomic E-state index is 12.2. The molecule has 0 aromatic heterocycles. The summed E-state index contributed by atoms with van der Waals surface area (Å²) in [6, 6.07) is 10.6. The highest BCUT2D eigenvalue weighted by atomic mass is 35.5. The average Bonchev–Trinajstić information content (AvgIpc) is 2.50. The lowest BCUT2D eigenvalue weighted by Gasteiger charge is -2.08. The van der Waals surface area contributed by atoms with Gasteiger partial charge in [-0.3, -0.25) is 4.79 Å². The van der Waals surface area contributed by atoms with Gasteiger partial charge >= 0.3 is 5.97 Å². The first kappa shape index (κ1) is 15.9. The van der Waals surface area contributed by atoms with E-state index in [0.29, 0.717) is 10.7 Å². The molecule has 0 aliphatic rings. The van der Waals surface area contributed by atoms with Crippen molar-refractivity contribution in [3.8, 4) is 5.75 Å². The van der Waals surface area contributed by atoms with Gasteiger partial charge in [0.2, 0.25) is 0 Å². The van der Waals surface area contributed by atoms with E-state index in [0.717, 1.165) is 0 Å². The number of benzene rings is 2. The standard InChI is InChI=1S/C16H14ClNO4/c1-2-22-16(21)13-9-10(3-8-14(13)19)15(20)18-12-6-4-11(17)5-7-12/h3-9,19H,2H2,1H3,(H,18,20). The maximum Gasteiger partial charge on any atom is 0.341 e. The van der Waals surface area contributed by atoms with Crippen LogP contribution in [0.25, 0.3) is 0 Å². The Bertz CT molecular complexity index is 698. The molecule has 2 aromatic carbocycles. The molecule has 6 heteroatoms. The Morgan fingerprint density at radius 2 is 1.86 bits per heavy atom. The van der Waals surface area contributed by atoms with Gasteiger partial charge in [-0.2, -0.15) is 0 Å². The van der Waals surface area contributed by atoms with Crippen molar-refractivity contribution in [1.82, 2.24) is 0 Å². The highest BCUT2D eigenvalue weighted by Gasteiger charge is 2.16. The van der Waals surface area contributed by atoms with Crippen LogP contribution < -0.4 is 5.32 Å². The summed E-state index contributed by atoms with van der Waals surface area (Å²) in [7, 11) is 0. The zero-order valence-corrected chi connectivity index (χ0v) is 12.6. The van der Waals surface area contributed by atoms with Gasteiger partial charge in [-0.1, -0.05) is 11.6 Å². The van der Waals surface area contributed by atoms with E-state index in [1.54, 1.807) is 31.2 Å². The molecule has 2 rings (SSSR count). The number of amides is 1. The Morgan fingerprint density at radius 1 is 1.18 bits per heavy atom. The normalized spacial score (nSPS) is 10.1. The first-order chi connectivity index (χ1) is 10.5. The number of phenols is 1. The minimum Gasteiger partial charge on any atom is -0.507 e. The van der Waals surface area contributed by atoms with Gasteiger partial charge in [0.05, 0.1) is 6.61 Å². The smallest absolute Gasteiger partial charge is 0.341 e. The van der Waals surface area contributed by atoms with Crippen LogP contribution in [0.3, 0.4) is 0 Å². The number of halogens is 1. The van der Waals surface area contributed by atoms with E-state index in [4.69, 9.17) is 16.3 Å². The minimum atomic E-state index is -0.679. The third-order valence-corrected chi connectivity index (χ3v) is 3.11. The van der Waals surface area contributed by atoms with Crippen LogP contribution in [0.2, 0.25) is 5.02 Å². The topological polar surface area (TPSA) is 75.6 Å². The van der Waals surface area contributed by atoms with Crippen LogP contribution >= 0.6 is 11.6 Å². The SMILES string of the molecule is CCOC(=O)c1cc(C(=O)Nc2ccc(Cl)cc2)ccc1O. The van der Waals surface area contributed by atoms with Gasteiger partial charge in [0.25, 0.3) is 5.91 Å². The molecule has 22 heavy (non-hydrogen) atoms. The van der Waals surface area contributed by atoms with Crippen molar-refractivity contribution in [3.63, 3.8) is 0 Å². The number of aromatic hydroxyl groups is 1. The number of nitrogens with one attached hydrogen (secondary N) is 1. The quantitative estimate of drug-likeness (QED) is 0.846. The lowest BCUT2D eigenvalue weighted by atomic mass is 10.1.